The van der Waals surface area contributed by atoms with E-state index in [4.69, 9.17) is 4.74 Å². The minimum atomic E-state index is -0.440. The molecule has 0 aliphatic heterocycles. The highest BCUT2D eigenvalue weighted by atomic mass is 32.1. The van der Waals surface area contributed by atoms with Gasteiger partial charge < -0.3 is 15.2 Å². The lowest BCUT2D eigenvalue weighted by atomic mass is 10.2. The van der Waals surface area contributed by atoms with Crippen LogP contribution in [0.3, 0.4) is 0 Å². The van der Waals surface area contributed by atoms with Crippen molar-refractivity contribution < 1.29 is 9.84 Å². The van der Waals surface area contributed by atoms with Crippen LogP contribution in [0, 0.1) is 0 Å². The molecule has 0 fully saturated rings. The predicted molar refractivity (Wildman–Crippen MR) is 83.2 cm³/mol. The van der Waals surface area contributed by atoms with E-state index in [1.807, 2.05) is 54.9 Å². The summed E-state index contributed by atoms with van der Waals surface area (Å²) in [6.45, 7) is 5.33. The number of aliphatic hydroxyl groups excluding tert-OH is 1. The van der Waals surface area contributed by atoms with Crippen molar-refractivity contribution in [3.63, 3.8) is 0 Å². The third kappa shape index (κ3) is 4.63. The summed E-state index contributed by atoms with van der Waals surface area (Å²) in [6, 6.07) is 10.00. The number of hydrogen-bond acceptors (Lipinski definition) is 4. The molecule has 1 heterocycles. The highest BCUT2D eigenvalue weighted by Gasteiger charge is 2.06. The van der Waals surface area contributed by atoms with Crippen LogP contribution in [0.1, 0.15) is 31.1 Å². The molecule has 0 amide bonds. The zero-order valence-electron chi connectivity index (χ0n) is 11.9. The molecule has 1 atom stereocenters. The van der Waals surface area contributed by atoms with E-state index in [0.717, 1.165) is 17.9 Å². The molecule has 3 nitrogen and oxygen atoms in total. The van der Waals surface area contributed by atoms with Gasteiger partial charge in [0.1, 0.15) is 5.75 Å². The van der Waals surface area contributed by atoms with Gasteiger partial charge >= 0.3 is 0 Å². The average molecular weight is 291 g/mol. The summed E-state index contributed by atoms with van der Waals surface area (Å²) in [5.41, 5.74) is 2.15. The molecule has 108 valence electrons. The van der Waals surface area contributed by atoms with Crippen molar-refractivity contribution in [2.45, 2.75) is 32.6 Å². The SMILES string of the molecule is CC(C)Oc1ccc(CNCC(O)c2ccsc2)cc1. The first-order valence-electron chi connectivity index (χ1n) is 6.81. The van der Waals surface area contributed by atoms with Crippen LogP contribution in [0.5, 0.6) is 5.75 Å². The van der Waals surface area contributed by atoms with Crippen LogP contribution < -0.4 is 10.1 Å². The first kappa shape index (κ1) is 15.0. The van der Waals surface area contributed by atoms with Crippen molar-refractivity contribution in [1.29, 1.82) is 0 Å². The van der Waals surface area contributed by atoms with E-state index in [1.165, 1.54) is 5.56 Å². The van der Waals surface area contributed by atoms with Gasteiger partial charge in [-0.2, -0.15) is 11.3 Å². The number of benzene rings is 1. The quantitative estimate of drug-likeness (QED) is 0.822. The highest BCUT2D eigenvalue weighted by Crippen LogP contribution is 2.16. The number of hydrogen-bond donors (Lipinski definition) is 2. The van der Waals surface area contributed by atoms with Gasteiger partial charge in [-0.25, -0.2) is 0 Å². The summed E-state index contributed by atoms with van der Waals surface area (Å²) >= 11 is 1.60. The fourth-order valence-corrected chi connectivity index (χ4v) is 2.60. The summed E-state index contributed by atoms with van der Waals surface area (Å²) in [5, 5.41) is 17.2. The molecular formula is C16H21NO2S. The van der Waals surface area contributed by atoms with Crippen LogP contribution in [-0.4, -0.2) is 17.8 Å². The second kappa shape index (κ2) is 7.43. The number of nitrogens with one attached hydrogen (secondary N) is 1. The lowest BCUT2D eigenvalue weighted by Crippen LogP contribution is -2.20. The maximum atomic E-state index is 9.95. The van der Waals surface area contributed by atoms with E-state index in [2.05, 4.69) is 5.32 Å². The fraction of sp³-hybridized carbons (Fsp3) is 0.375. The van der Waals surface area contributed by atoms with Gasteiger partial charge in [0.2, 0.25) is 0 Å². The molecule has 0 saturated heterocycles. The Morgan fingerprint density at radius 3 is 2.55 bits per heavy atom. The zero-order valence-corrected chi connectivity index (χ0v) is 12.7. The molecule has 1 aromatic heterocycles. The standard InChI is InChI=1S/C16H21NO2S/c1-12(2)19-15-5-3-13(4-6-15)9-17-10-16(18)14-7-8-20-11-14/h3-8,11-12,16-18H,9-10H2,1-2H3. The Morgan fingerprint density at radius 1 is 1.20 bits per heavy atom. The Hall–Kier alpha value is -1.36. The molecule has 0 bridgehead atoms. The van der Waals surface area contributed by atoms with Crippen LogP contribution in [-0.2, 0) is 6.54 Å². The molecule has 2 N–H and O–H groups in total. The maximum absolute atomic E-state index is 9.95. The van der Waals surface area contributed by atoms with E-state index >= 15 is 0 Å². The van der Waals surface area contributed by atoms with Crippen LogP contribution in [0.2, 0.25) is 0 Å². The molecule has 0 saturated carbocycles. The van der Waals surface area contributed by atoms with Crippen molar-refractivity contribution in [1.82, 2.24) is 5.32 Å². The van der Waals surface area contributed by atoms with Crippen LogP contribution in [0.15, 0.2) is 41.1 Å². The van der Waals surface area contributed by atoms with Gasteiger partial charge in [0.15, 0.2) is 0 Å². The van der Waals surface area contributed by atoms with E-state index < -0.39 is 6.10 Å². The van der Waals surface area contributed by atoms with Gasteiger partial charge in [-0.3, -0.25) is 0 Å². The first-order chi connectivity index (χ1) is 9.65. The highest BCUT2D eigenvalue weighted by molar-refractivity contribution is 7.07. The number of ether oxygens (including phenoxy) is 1. The number of thiophene rings is 1. The van der Waals surface area contributed by atoms with Gasteiger partial charge in [0.25, 0.3) is 0 Å². The molecule has 0 spiro atoms. The molecule has 0 radical (unpaired) electrons. The molecule has 20 heavy (non-hydrogen) atoms. The van der Waals surface area contributed by atoms with Crippen molar-refractivity contribution in [2.75, 3.05) is 6.54 Å². The second-order valence-corrected chi connectivity index (χ2v) is 5.79. The molecule has 2 rings (SSSR count). The van der Waals surface area contributed by atoms with Crippen molar-refractivity contribution >= 4 is 11.3 Å². The molecule has 1 aromatic carbocycles. The third-order valence-electron chi connectivity index (χ3n) is 2.89. The van der Waals surface area contributed by atoms with E-state index in [-0.39, 0.29) is 6.10 Å². The van der Waals surface area contributed by atoms with Gasteiger partial charge in [-0.15, -0.1) is 0 Å². The minimum Gasteiger partial charge on any atom is -0.491 e. The van der Waals surface area contributed by atoms with E-state index in [0.29, 0.717) is 6.54 Å². The van der Waals surface area contributed by atoms with E-state index in [9.17, 15) is 5.11 Å². The number of rotatable bonds is 7. The van der Waals surface area contributed by atoms with Gasteiger partial charge in [0, 0.05) is 13.1 Å². The van der Waals surface area contributed by atoms with Crippen LogP contribution >= 0.6 is 11.3 Å². The summed E-state index contributed by atoms with van der Waals surface area (Å²) < 4.78 is 5.60. The molecule has 2 aromatic rings. The lowest BCUT2D eigenvalue weighted by Gasteiger charge is -2.12. The Labute approximate surface area is 124 Å². The average Bonchev–Trinajstić information content (AvgIpc) is 2.94. The lowest BCUT2D eigenvalue weighted by molar-refractivity contribution is 0.175. The topological polar surface area (TPSA) is 41.5 Å². The second-order valence-electron chi connectivity index (χ2n) is 5.01. The summed E-state index contributed by atoms with van der Waals surface area (Å²) in [7, 11) is 0. The largest absolute Gasteiger partial charge is 0.491 e. The molecular weight excluding hydrogens is 270 g/mol. The molecule has 1 unspecified atom stereocenters. The predicted octanol–water partition coefficient (Wildman–Crippen LogP) is 3.36. The van der Waals surface area contributed by atoms with Crippen LogP contribution in [0.25, 0.3) is 0 Å². The van der Waals surface area contributed by atoms with Crippen molar-refractivity contribution in [2.24, 2.45) is 0 Å². The van der Waals surface area contributed by atoms with Gasteiger partial charge in [0.05, 0.1) is 12.2 Å². The maximum Gasteiger partial charge on any atom is 0.119 e. The molecule has 0 aliphatic carbocycles. The van der Waals surface area contributed by atoms with E-state index in [1.54, 1.807) is 11.3 Å². The summed E-state index contributed by atoms with van der Waals surface area (Å²) in [6.07, 6.45) is -0.246. The number of aliphatic hydroxyl groups is 1. The molecule has 4 heteroatoms. The summed E-state index contributed by atoms with van der Waals surface area (Å²) in [5.74, 6) is 0.891. The fourth-order valence-electron chi connectivity index (χ4n) is 1.89. The Kier molecular flexibility index (Phi) is 5.59. The summed E-state index contributed by atoms with van der Waals surface area (Å²) in [4.78, 5) is 0. The minimum absolute atomic E-state index is 0.194. The van der Waals surface area contributed by atoms with Gasteiger partial charge in [-0.1, -0.05) is 12.1 Å². The first-order valence-corrected chi connectivity index (χ1v) is 7.76. The smallest absolute Gasteiger partial charge is 0.119 e. The monoisotopic (exact) mass is 291 g/mol. The van der Waals surface area contributed by atoms with Crippen molar-refractivity contribution in [3.8, 4) is 5.75 Å². The zero-order chi connectivity index (χ0) is 14.4. The Bertz CT molecular complexity index is 494. The normalized spacial score (nSPS) is 12.6. The van der Waals surface area contributed by atoms with Crippen LogP contribution in [0.4, 0.5) is 0 Å². The Morgan fingerprint density at radius 2 is 1.95 bits per heavy atom. The Balaban J connectivity index is 1.76. The molecule has 0 aliphatic rings. The van der Waals surface area contributed by atoms with Gasteiger partial charge in [-0.05, 0) is 53.9 Å². The third-order valence-corrected chi connectivity index (χ3v) is 3.59. The van der Waals surface area contributed by atoms with Crippen molar-refractivity contribution in [3.05, 3.63) is 52.2 Å².